The summed E-state index contributed by atoms with van der Waals surface area (Å²) in [5, 5.41) is 28.5. The molecule has 4 heterocycles. The summed E-state index contributed by atoms with van der Waals surface area (Å²) >= 11 is 1.50. The van der Waals surface area contributed by atoms with E-state index in [0.717, 1.165) is 37.9 Å². The van der Waals surface area contributed by atoms with Crippen LogP contribution in [0, 0.1) is 0 Å². The van der Waals surface area contributed by atoms with E-state index in [0.29, 0.717) is 0 Å². The minimum Gasteiger partial charge on any atom is -0.475 e. The summed E-state index contributed by atoms with van der Waals surface area (Å²) in [7, 11) is 0. The molecule has 0 atom stereocenters. The third-order valence-corrected chi connectivity index (χ3v) is 4.88. The highest BCUT2D eigenvalue weighted by atomic mass is 32.1. The van der Waals surface area contributed by atoms with E-state index in [9.17, 15) is 13.2 Å². The highest BCUT2D eigenvalue weighted by Crippen LogP contribution is 2.31. The van der Waals surface area contributed by atoms with E-state index in [1.807, 2.05) is 47.1 Å². The van der Waals surface area contributed by atoms with Crippen LogP contribution in [0.5, 0.6) is 0 Å². The molecule has 1 aromatic carbocycles. The number of anilines is 2. The minimum absolute atomic E-state index is 0.737. The van der Waals surface area contributed by atoms with Gasteiger partial charge in [0, 0.05) is 29.7 Å². The van der Waals surface area contributed by atoms with Gasteiger partial charge in [-0.3, -0.25) is 5.10 Å². The fraction of sp³-hybridized carbons (Fsp3) is 0.0556. The lowest BCUT2D eigenvalue weighted by molar-refractivity contribution is -0.192. The number of aliphatic carboxylic acids is 1. The number of pyridine rings is 1. The van der Waals surface area contributed by atoms with Gasteiger partial charge >= 0.3 is 12.1 Å². The van der Waals surface area contributed by atoms with Crippen LogP contribution in [0.2, 0.25) is 0 Å². The molecule has 0 fully saturated rings. The Morgan fingerprint density at radius 2 is 2.00 bits per heavy atom. The van der Waals surface area contributed by atoms with E-state index in [-0.39, 0.29) is 0 Å². The molecule has 5 rings (SSSR count). The van der Waals surface area contributed by atoms with E-state index in [1.165, 1.54) is 11.3 Å². The average Bonchev–Trinajstić information content (AvgIpc) is 3.47. The Bertz CT molecular complexity index is 1360. The van der Waals surface area contributed by atoms with Gasteiger partial charge in [0.15, 0.2) is 5.01 Å². The summed E-state index contributed by atoms with van der Waals surface area (Å²) in [6, 6.07) is 9.97. The van der Waals surface area contributed by atoms with Crippen LogP contribution >= 0.6 is 11.3 Å². The molecule has 3 N–H and O–H groups in total. The lowest BCUT2D eigenvalue weighted by atomic mass is 10.2. The zero-order valence-electron chi connectivity index (χ0n) is 15.3. The number of aromatic amines is 1. The van der Waals surface area contributed by atoms with Crippen molar-refractivity contribution in [2.45, 2.75) is 6.18 Å². The monoisotopic (exact) mass is 447 g/mol. The maximum Gasteiger partial charge on any atom is 0.490 e. The van der Waals surface area contributed by atoms with Gasteiger partial charge in [-0.15, -0.1) is 10.2 Å². The van der Waals surface area contributed by atoms with Crippen LogP contribution in [0.15, 0.2) is 55.1 Å². The number of rotatable bonds is 3. The van der Waals surface area contributed by atoms with Gasteiger partial charge in [-0.25, -0.2) is 9.78 Å². The molecule has 31 heavy (non-hydrogen) atoms. The highest BCUT2D eigenvalue weighted by molar-refractivity contribution is 7.18. The second-order valence-corrected chi connectivity index (χ2v) is 7.07. The van der Waals surface area contributed by atoms with Crippen LogP contribution < -0.4 is 5.32 Å². The van der Waals surface area contributed by atoms with Gasteiger partial charge in [0.1, 0.15) is 5.65 Å². The molecule has 158 valence electrons. The van der Waals surface area contributed by atoms with Crippen LogP contribution in [0.1, 0.15) is 0 Å². The number of fused-ring (bicyclic) bond motifs is 2. The van der Waals surface area contributed by atoms with Gasteiger partial charge < -0.3 is 14.8 Å². The molecule has 0 saturated heterocycles. The summed E-state index contributed by atoms with van der Waals surface area (Å²) in [6.45, 7) is 0. The van der Waals surface area contributed by atoms with Crippen molar-refractivity contribution in [3.05, 3.63) is 55.1 Å². The van der Waals surface area contributed by atoms with Crippen molar-refractivity contribution >= 4 is 44.7 Å². The average molecular weight is 447 g/mol. The third-order valence-electron chi connectivity index (χ3n) is 4.01. The minimum atomic E-state index is -5.08. The van der Waals surface area contributed by atoms with E-state index in [4.69, 9.17) is 9.90 Å². The number of carbonyl (C=O) groups is 1. The first-order chi connectivity index (χ1) is 14.8. The lowest BCUT2D eigenvalue weighted by Crippen LogP contribution is -2.21. The van der Waals surface area contributed by atoms with Crippen LogP contribution in [-0.4, -0.2) is 47.0 Å². The zero-order valence-corrected chi connectivity index (χ0v) is 16.1. The molecule has 0 bridgehead atoms. The summed E-state index contributed by atoms with van der Waals surface area (Å²) in [4.78, 5) is 13.3. The number of benzene rings is 1. The van der Waals surface area contributed by atoms with Crippen LogP contribution in [0.25, 0.3) is 27.1 Å². The Kier molecular flexibility index (Phi) is 5.25. The first-order valence-corrected chi connectivity index (χ1v) is 9.39. The molecule has 5 aromatic rings. The lowest BCUT2D eigenvalue weighted by Gasteiger charge is -2.01. The Morgan fingerprint density at radius 1 is 1.19 bits per heavy atom. The molecular weight excluding hydrogens is 435 g/mol. The molecule has 0 saturated carbocycles. The van der Waals surface area contributed by atoms with E-state index in [1.54, 1.807) is 12.4 Å². The van der Waals surface area contributed by atoms with Crippen molar-refractivity contribution in [1.29, 1.82) is 0 Å². The number of aromatic nitrogens is 6. The Morgan fingerprint density at radius 3 is 2.77 bits per heavy atom. The highest BCUT2D eigenvalue weighted by Gasteiger charge is 2.38. The summed E-state index contributed by atoms with van der Waals surface area (Å²) in [5.74, 6) is -2.76. The second-order valence-electron chi connectivity index (χ2n) is 6.09. The number of H-pyrrole nitrogens is 1. The summed E-state index contributed by atoms with van der Waals surface area (Å²) in [5.41, 5.74) is 3.80. The van der Waals surface area contributed by atoms with Gasteiger partial charge in [0.2, 0.25) is 5.13 Å². The van der Waals surface area contributed by atoms with Crippen LogP contribution in [0.3, 0.4) is 0 Å². The van der Waals surface area contributed by atoms with E-state index < -0.39 is 12.1 Å². The van der Waals surface area contributed by atoms with Crippen LogP contribution in [0.4, 0.5) is 24.0 Å². The maximum absolute atomic E-state index is 10.6. The van der Waals surface area contributed by atoms with Crippen molar-refractivity contribution in [3.8, 4) is 10.6 Å². The van der Waals surface area contributed by atoms with E-state index in [2.05, 4.69) is 30.7 Å². The summed E-state index contributed by atoms with van der Waals surface area (Å²) in [6.07, 6.45) is 2.37. The first-order valence-electron chi connectivity index (χ1n) is 8.57. The van der Waals surface area contributed by atoms with Crippen molar-refractivity contribution in [3.63, 3.8) is 0 Å². The number of alkyl halides is 3. The van der Waals surface area contributed by atoms with Crippen molar-refractivity contribution in [2.24, 2.45) is 0 Å². The quantitative estimate of drug-likeness (QED) is 0.381. The molecule has 0 amide bonds. The SMILES string of the molecule is O=C(O)C(F)(F)F.c1cc(-c2nnc(Nc3ccc4[nH]ncc4c3)s2)c2nccn2c1. The normalized spacial score (nSPS) is 11.3. The molecular formula is C18H12F3N7O2S. The largest absolute Gasteiger partial charge is 0.490 e. The Hall–Kier alpha value is -4.00. The number of nitrogens with one attached hydrogen (secondary N) is 2. The fourth-order valence-corrected chi connectivity index (χ4v) is 3.43. The van der Waals surface area contributed by atoms with Gasteiger partial charge in [-0.1, -0.05) is 11.3 Å². The van der Waals surface area contributed by atoms with Crippen LogP contribution in [-0.2, 0) is 4.79 Å². The van der Waals surface area contributed by atoms with Gasteiger partial charge in [0.25, 0.3) is 0 Å². The third kappa shape index (κ3) is 4.45. The second kappa shape index (κ2) is 8.02. The molecule has 0 unspecified atom stereocenters. The van der Waals surface area contributed by atoms with Gasteiger partial charge in [0.05, 0.1) is 17.3 Å². The van der Waals surface area contributed by atoms with Gasteiger partial charge in [-0.05, 0) is 30.3 Å². The molecule has 0 spiro atoms. The number of imidazole rings is 1. The number of hydrogen-bond donors (Lipinski definition) is 3. The molecule has 13 heteroatoms. The Balaban J connectivity index is 0.000000289. The van der Waals surface area contributed by atoms with Crippen molar-refractivity contribution in [1.82, 2.24) is 29.8 Å². The Labute approximate surface area is 175 Å². The molecule has 0 aliphatic carbocycles. The molecule has 0 aliphatic heterocycles. The number of carboxylic acids is 1. The smallest absolute Gasteiger partial charge is 0.475 e. The molecule has 9 nitrogen and oxygen atoms in total. The predicted molar refractivity (Wildman–Crippen MR) is 107 cm³/mol. The van der Waals surface area contributed by atoms with E-state index >= 15 is 0 Å². The predicted octanol–water partition coefficient (Wildman–Crippen LogP) is 4.11. The van der Waals surface area contributed by atoms with Crippen molar-refractivity contribution < 1.29 is 23.1 Å². The number of nitrogens with zero attached hydrogens (tertiary/aromatic N) is 5. The number of hydrogen-bond acceptors (Lipinski definition) is 7. The van der Waals surface area contributed by atoms with Crippen molar-refractivity contribution in [2.75, 3.05) is 5.32 Å². The first kappa shape index (κ1) is 20.3. The standard InChI is InChI=1S/C16H11N7S.C2HF3O2/c1-2-12(14-17-5-7-23(14)6-1)15-21-22-16(24-15)19-11-3-4-13-10(8-11)9-18-20-13;3-2(4,5)1(6)7/h1-9H,(H,18,20)(H,19,22);(H,6,7). The molecule has 0 radical (unpaired) electrons. The summed E-state index contributed by atoms with van der Waals surface area (Å²) < 4.78 is 33.7. The fourth-order valence-electron chi connectivity index (χ4n) is 2.64. The molecule has 0 aliphatic rings. The van der Waals surface area contributed by atoms with Gasteiger partial charge in [-0.2, -0.15) is 18.3 Å². The zero-order chi connectivity index (χ0) is 22.0. The number of halogens is 3. The maximum atomic E-state index is 10.6. The number of carboxylic acid groups (broad SMARTS) is 1. The molecule has 4 aromatic heterocycles. The topological polar surface area (TPSA) is 121 Å².